The van der Waals surface area contributed by atoms with Gasteiger partial charge in [-0.05, 0) is 42.9 Å². The third-order valence-electron chi connectivity index (χ3n) is 3.58. The molecule has 1 fully saturated rings. The van der Waals surface area contributed by atoms with Gasteiger partial charge in [-0.15, -0.1) is 0 Å². The van der Waals surface area contributed by atoms with Gasteiger partial charge in [-0.25, -0.2) is 0 Å². The van der Waals surface area contributed by atoms with E-state index in [-0.39, 0.29) is 6.10 Å². The van der Waals surface area contributed by atoms with Crippen molar-refractivity contribution in [3.63, 3.8) is 0 Å². The summed E-state index contributed by atoms with van der Waals surface area (Å²) in [5, 5.41) is 10.9. The van der Waals surface area contributed by atoms with E-state index < -0.39 is 0 Å². The van der Waals surface area contributed by atoms with Crippen molar-refractivity contribution >= 4 is 11.6 Å². The normalized spacial score (nSPS) is 18.9. The third-order valence-corrected chi connectivity index (χ3v) is 3.93. The van der Waals surface area contributed by atoms with Gasteiger partial charge < -0.3 is 5.11 Å². The second-order valence-electron chi connectivity index (χ2n) is 4.91. The van der Waals surface area contributed by atoms with Crippen LogP contribution < -0.4 is 0 Å². The lowest BCUT2D eigenvalue weighted by Crippen LogP contribution is -2.20. The van der Waals surface area contributed by atoms with Crippen molar-refractivity contribution < 1.29 is 5.11 Å². The molecule has 2 heteroatoms. The minimum absolute atomic E-state index is 0.220. The van der Waals surface area contributed by atoms with E-state index in [9.17, 15) is 5.11 Å². The van der Waals surface area contributed by atoms with Crippen LogP contribution in [0.3, 0.4) is 0 Å². The van der Waals surface area contributed by atoms with Crippen molar-refractivity contribution in [2.24, 2.45) is 5.92 Å². The van der Waals surface area contributed by atoms with Gasteiger partial charge in [0.15, 0.2) is 0 Å². The number of rotatable bonds is 3. The summed E-state index contributed by atoms with van der Waals surface area (Å²) in [7, 11) is 0. The Labute approximate surface area is 102 Å². The lowest BCUT2D eigenvalue weighted by molar-refractivity contribution is 0.111. The highest BCUT2D eigenvalue weighted by molar-refractivity contribution is 6.31. The maximum absolute atomic E-state index is 10.1. The molecule has 0 spiro atoms. The maximum Gasteiger partial charge on any atom is 0.0609 e. The molecule has 1 saturated carbocycles. The standard InChI is InChI=1S/C14H19ClO/c1-10-6-7-12(13(15)8-10)9-14(16)11-4-2-3-5-11/h6-8,11,14,16H,2-5,9H2,1H3. The van der Waals surface area contributed by atoms with Gasteiger partial charge in [-0.2, -0.15) is 0 Å². The summed E-state index contributed by atoms with van der Waals surface area (Å²) in [6.45, 7) is 2.03. The van der Waals surface area contributed by atoms with Crippen LogP contribution >= 0.6 is 11.6 Å². The van der Waals surface area contributed by atoms with E-state index in [4.69, 9.17) is 11.6 Å². The van der Waals surface area contributed by atoms with Gasteiger partial charge in [0.05, 0.1) is 6.10 Å². The molecule has 1 aromatic carbocycles. The number of aliphatic hydroxyl groups is 1. The number of halogens is 1. The molecule has 1 aliphatic carbocycles. The Morgan fingerprint density at radius 2 is 2.06 bits per heavy atom. The third kappa shape index (κ3) is 2.78. The molecule has 2 rings (SSSR count). The van der Waals surface area contributed by atoms with Crippen LogP contribution in [0.4, 0.5) is 0 Å². The Kier molecular flexibility index (Phi) is 3.88. The molecule has 1 N–H and O–H groups in total. The van der Waals surface area contributed by atoms with Gasteiger partial charge in [0.2, 0.25) is 0 Å². The first-order valence-corrected chi connectivity index (χ1v) is 6.47. The van der Waals surface area contributed by atoms with Crippen LogP contribution in [0.25, 0.3) is 0 Å². The van der Waals surface area contributed by atoms with Gasteiger partial charge in [0, 0.05) is 11.4 Å². The first-order valence-electron chi connectivity index (χ1n) is 6.10. The number of hydrogen-bond acceptors (Lipinski definition) is 1. The summed E-state index contributed by atoms with van der Waals surface area (Å²) >= 11 is 6.17. The smallest absolute Gasteiger partial charge is 0.0609 e. The molecule has 1 unspecified atom stereocenters. The Morgan fingerprint density at radius 3 is 2.69 bits per heavy atom. The number of hydrogen-bond donors (Lipinski definition) is 1. The minimum Gasteiger partial charge on any atom is -0.392 e. The average molecular weight is 239 g/mol. The number of aliphatic hydroxyl groups excluding tert-OH is 1. The van der Waals surface area contributed by atoms with E-state index in [2.05, 4.69) is 6.07 Å². The van der Waals surface area contributed by atoms with Crippen LogP contribution in [0.15, 0.2) is 18.2 Å². The van der Waals surface area contributed by atoms with E-state index in [1.807, 2.05) is 19.1 Å². The molecule has 1 atom stereocenters. The van der Waals surface area contributed by atoms with Gasteiger partial charge in [-0.1, -0.05) is 36.6 Å². The zero-order valence-electron chi connectivity index (χ0n) is 9.75. The molecule has 16 heavy (non-hydrogen) atoms. The van der Waals surface area contributed by atoms with E-state index in [1.54, 1.807) is 0 Å². The Balaban J connectivity index is 2.02. The monoisotopic (exact) mass is 238 g/mol. The molecule has 0 aliphatic heterocycles. The number of benzene rings is 1. The van der Waals surface area contributed by atoms with E-state index in [0.29, 0.717) is 12.3 Å². The summed E-state index contributed by atoms with van der Waals surface area (Å²) in [5.41, 5.74) is 2.25. The van der Waals surface area contributed by atoms with Crippen molar-refractivity contribution in [1.29, 1.82) is 0 Å². The molecule has 0 bridgehead atoms. The van der Waals surface area contributed by atoms with E-state index >= 15 is 0 Å². The van der Waals surface area contributed by atoms with Crippen LogP contribution in [0.5, 0.6) is 0 Å². The second-order valence-corrected chi connectivity index (χ2v) is 5.32. The van der Waals surface area contributed by atoms with Gasteiger partial charge in [-0.3, -0.25) is 0 Å². The van der Waals surface area contributed by atoms with E-state index in [0.717, 1.165) is 10.6 Å². The minimum atomic E-state index is -0.220. The predicted octanol–water partition coefficient (Wildman–Crippen LogP) is 3.74. The maximum atomic E-state index is 10.1. The summed E-state index contributed by atoms with van der Waals surface area (Å²) < 4.78 is 0. The molecule has 0 aromatic heterocycles. The largest absolute Gasteiger partial charge is 0.392 e. The summed E-state index contributed by atoms with van der Waals surface area (Å²) in [4.78, 5) is 0. The van der Waals surface area contributed by atoms with Gasteiger partial charge >= 0.3 is 0 Å². The van der Waals surface area contributed by atoms with Gasteiger partial charge in [0.1, 0.15) is 0 Å². The first-order chi connectivity index (χ1) is 7.66. The quantitative estimate of drug-likeness (QED) is 0.851. The zero-order chi connectivity index (χ0) is 11.5. The Hall–Kier alpha value is -0.530. The second kappa shape index (κ2) is 5.20. The molecule has 88 valence electrons. The van der Waals surface area contributed by atoms with Crippen LogP contribution in [0.1, 0.15) is 36.8 Å². The summed E-state index contributed by atoms with van der Waals surface area (Å²) in [6, 6.07) is 6.07. The summed E-state index contributed by atoms with van der Waals surface area (Å²) in [5.74, 6) is 0.484. The van der Waals surface area contributed by atoms with Crippen LogP contribution in [-0.4, -0.2) is 11.2 Å². The highest BCUT2D eigenvalue weighted by Gasteiger charge is 2.23. The topological polar surface area (TPSA) is 20.2 Å². The molecule has 1 aromatic rings. The van der Waals surface area contributed by atoms with Crippen LogP contribution in [-0.2, 0) is 6.42 Å². The van der Waals surface area contributed by atoms with Crippen LogP contribution in [0, 0.1) is 12.8 Å². The van der Waals surface area contributed by atoms with Crippen molar-refractivity contribution in [3.8, 4) is 0 Å². The molecule has 1 aliphatic rings. The predicted molar refractivity (Wildman–Crippen MR) is 67.9 cm³/mol. The van der Waals surface area contributed by atoms with Gasteiger partial charge in [0.25, 0.3) is 0 Å². The molecule has 0 radical (unpaired) electrons. The first kappa shape index (κ1) is 11.9. The molecule has 0 heterocycles. The number of aryl methyl sites for hydroxylation is 1. The lowest BCUT2D eigenvalue weighted by Gasteiger charge is -2.18. The van der Waals surface area contributed by atoms with Crippen molar-refractivity contribution in [2.45, 2.75) is 45.1 Å². The molecule has 0 saturated heterocycles. The van der Waals surface area contributed by atoms with Crippen molar-refractivity contribution in [3.05, 3.63) is 34.3 Å². The summed E-state index contributed by atoms with van der Waals surface area (Å²) in [6.07, 6.45) is 5.36. The SMILES string of the molecule is Cc1ccc(CC(O)C2CCCC2)c(Cl)c1. The average Bonchev–Trinajstić information content (AvgIpc) is 2.75. The van der Waals surface area contributed by atoms with Crippen molar-refractivity contribution in [1.82, 2.24) is 0 Å². The molecule has 0 amide bonds. The van der Waals surface area contributed by atoms with Crippen LogP contribution in [0.2, 0.25) is 5.02 Å². The Bertz CT molecular complexity index is 356. The fourth-order valence-corrected chi connectivity index (χ4v) is 2.86. The van der Waals surface area contributed by atoms with Crippen molar-refractivity contribution in [2.75, 3.05) is 0 Å². The molecule has 1 nitrogen and oxygen atoms in total. The fourth-order valence-electron chi connectivity index (χ4n) is 2.55. The van der Waals surface area contributed by atoms with E-state index in [1.165, 1.54) is 31.2 Å². The highest BCUT2D eigenvalue weighted by atomic mass is 35.5. The zero-order valence-corrected chi connectivity index (χ0v) is 10.5. The highest BCUT2D eigenvalue weighted by Crippen LogP contribution is 2.30. The Morgan fingerprint density at radius 1 is 1.38 bits per heavy atom. The molecular weight excluding hydrogens is 220 g/mol. The lowest BCUT2D eigenvalue weighted by atomic mass is 9.94. The molecular formula is C14H19ClO. The fraction of sp³-hybridized carbons (Fsp3) is 0.571.